The smallest absolute Gasteiger partial charge is 0.435 e. The van der Waals surface area contributed by atoms with E-state index in [2.05, 4.69) is 10.3 Å². The zero-order valence-electron chi connectivity index (χ0n) is 15.5. The Morgan fingerprint density at radius 2 is 1.93 bits per heavy atom. The lowest BCUT2D eigenvalue weighted by Gasteiger charge is -2.18. The van der Waals surface area contributed by atoms with Crippen molar-refractivity contribution < 1.29 is 27.1 Å². The van der Waals surface area contributed by atoms with E-state index in [0.29, 0.717) is 15.5 Å². The fourth-order valence-electron chi connectivity index (χ4n) is 2.61. The predicted octanol–water partition coefficient (Wildman–Crippen LogP) is 4.23. The predicted molar refractivity (Wildman–Crippen MR) is 100 cm³/mol. The Bertz CT molecular complexity index is 1060. The van der Waals surface area contributed by atoms with E-state index in [-0.39, 0.29) is 18.8 Å². The summed E-state index contributed by atoms with van der Waals surface area (Å²) < 4.78 is 60.3. The molecular formula is C19H15ClF4N4O2. The van der Waals surface area contributed by atoms with Crippen molar-refractivity contribution in [2.75, 3.05) is 20.2 Å². The van der Waals surface area contributed by atoms with Gasteiger partial charge in [-0.25, -0.2) is 9.07 Å². The van der Waals surface area contributed by atoms with Crippen LogP contribution < -0.4 is 4.74 Å². The molecule has 0 aliphatic rings. The number of alkyl halides is 3. The molecule has 158 valence electrons. The van der Waals surface area contributed by atoms with E-state index in [1.54, 1.807) is 24.3 Å². The summed E-state index contributed by atoms with van der Waals surface area (Å²) in [6.45, 7) is -0.00254. The average molecular weight is 443 g/mol. The molecule has 6 nitrogen and oxygen atoms in total. The summed E-state index contributed by atoms with van der Waals surface area (Å²) in [4.78, 5) is 13.6. The number of hydrogen-bond acceptors (Lipinski definition) is 4. The molecule has 1 heterocycles. The Balaban J connectivity index is 1.79. The fourth-order valence-corrected chi connectivity index (χ4v) is 2.79. The van der Waals surface area contributed by atoms with Gasteiger partial charge in [-0.2, -0.15) is 13.2 Å². The van der Waals surface area contributed by atoms with E-state index in [9.17, 15) is 22.4 Å². The standard InChI is InChI=1S/C19H15ClF4N4O2/c1-27(8-9-30-15-7-2-4-12(20)10-15)18(29)16-17(19(22,23)24)28(26-25-16)14-6-3-5-13(21)11-14/h2-7,10-11H,8-9H2,1H3. The zero-order valence-corrected chi connectivity index (χ0v) is 16.3. The molecule has 30 heavy (non-hydrogen) atoms. The lowest BCUT2D eigenvalue weighted by atomic mass is 10.2. The average Bonchev–Trinajstić information content (AvgIpc) is 3.13. The molecule has 3 rings (SSSR count). The van der Waals surface area contributed by atoms with Crippen LogP contribution in [0.3, 0.4) is 0 Å². The monoisotopic (exact) mass is 442 g/mol. The lowest BCUT2D eigenvalue weighted by molar-refractivity contribution is -0.143. The van der Waals surface area contributed by atoms with Crippen LogP contribution in [0.5, 0.6) is 5.75 Å². The van der Waals surface area contributed by atoms with Gasteiger partial charge in [0, 0.05) is 12.1 Å². The minimum Gasteiger partial charge on any atom is -0.492 e. The van der Waals surface area contributed by atoms with Crippen molar-refractivity contribution in [3.63, 3.8) is 0 Å². The number of rotatable bonds is 6. The van der Waals surface area contributed by atoms with E-state index in [4.69, 9.17) is 16.3 Å². The van der Waals surface area contributed by atoms with Crippen molar-refractivity contribution in [3.8, 4) is 11.4 Å². The van der Waals surface area contributed by atoms with Crippen molar-refractivity contribution in [2.45, 2.75) is 6.18 Å². The van der Waals surface area contributed by atoms with Crippen LogP contribution in [0, 0.1) is 5.82 Å². The normalized spacial score (nSPS) is 11.4. The van der Waals surface area contributed by atoms with Crippen LogP contribution in [0.1, 0.15) is 16.2 Å². The second-order valence-corrected chi connectivity index (χ2v) is 6.65. The van der Waals surface area contributed by atoms with Crippen LogP contribution in [0.4, 0.5) is 17.6 Å². The van der Waals surface area contributed by atoms with Crippen LogP contribution >= 0.6 is 11.6 Å². The summed E-state index contributed by atoms with van der Waals surface area (Å²) in [5.41, 5.74) is -2.49. The number of amides is 1. The van der Waals surface area contributed by atoms with Crippen molar-refractivity contribution in [1.29, 1.82) is 0 Å². The van der Waals surface area contributed by atoms with Gasteiger partial charge < -0.3 is 9.64 Å². The summed E-state index contributed by atoms with van der Waals surface area (Å²) in [5, 5.41) is 7.29. The molecule has 0 saturated heterocycles. The molecular weight excluding hydrogens is 428 g/mol. The quantitative estimate of drug-likeness (QED) is 0.536. The second-order valence-electron chi connectivity index (χ2n) is 6.21. The Morgan fingerprint density at radius 3 is 2.60 bits per heavy atom. The Labute approximate surface area is 173 Å². The SMILES string of the molecule is CN(CCOc1cccc(Cl)c1)C(=O)c1nnn(-c2cccc(F)c2)c1C(F)(F)F. The van der Waals surface area contributed by atoms with Crippen molar-refractivity contribution in [1.82, 2.24) is 19.9 Å². The fraction of sp³-hybridized carbons (Fsp3) is 0.211. The summed E-state index contributed by atoms with van der Waals surface area (Å²) in [6.07, 6.45) is -4.95. The van der Waals surface area contributed by atoms with E-state index in [1.165, 1.54) is 19.2 Å². The van der Waals surface area contributed by atoms with Crippen LogP contribution in [0.25, 0.3) is 5.69 Å². The van der Waals surface area contributed by atoms with Crippen LogP contribution in [0.2, 0.25) is 5.02 Å². The summed E-state index contributed by atoms with van der Waals surface area (Å²) >= 11 is 5.85. The van der Waals surface area contributed by atoms with Gasteiger partial charge in [-0.3, -0.25) is 4.79 Å². The number of nitrogens with zero attached hydrogens (tertiary/aromatic N) is 4. The minimum absolute atomic E-state index is 0.0158. The van der Waals surface area contributed by atoms with Gasteiger partial charge in [0.15, 0.2) is 11.4 Å². The van der Waals surface area contributed by atoms with Gasteiger partial charge in [-0.15, -0.1) is 5.10 Å². The molecule has 11 heteroatoms. The Morgan fingerprint density at radius 1 is 1.20 bits per heavy atom. The molecule has 0 radical (unpaired) electrons. The van der Waals surface area contributed by atoms with Gasteiger partial charge in [0.2, 0.25) is 0 Å². The molecule has 1 amide bonds. The first-order valence-electron chi connectivity index (χ1n) is 8.59. The highest BCUT2D eigenvalue weighted by Gasteiger charge is 2.42. The van der Waals surface area contributed by atoms with Gasteiger partial charge in [-0.1, -0.05) is 28.9 Å². The highest BCUT2D eigenvalue weighted by Crippen LogP contribution is 2.33. The number of ether oxygens (including phenoxy) is 1. The maximum atomic E-state index is 13.7. The van der Waals surface area contributed by atoms with Crippen LogP contribution in [-0.2, 0) is 6.18 Å². The first kappa shape index (κ1) is 21.6. The summed E-state index contributed by atoms with van der Waals surface area (Å²) in [5.74, 6) is -1.30. The van der Waals surface area contributed by atoms with Gasteiger partial charge >= 0.3 is 6.18 Å². The van der Waals surface area contributed by atoms with Crippen LogP contribution in [0.15, 0.2) is 48.5 Å². The third kappa shape index (κ3) is 4.88. The molecule has 0 bridgehead atoms. The molecule has 0 aliphatic heterocycles. The van der Waals surface area contributed by atoms with E-state index in [1.807, 2.05) is 0 Å². The third-order valence-corrected chi connectivity index (χ3v) is 4.27. The topological polar surface area (TPSA) is 60.2 Å². The number of carbonyl (C=O) groups is 1. The lowest BCUT2D eigenvalue weighted by Crippen LogP contribution is -2.33. The van der Waals surface area contributed by atoms with Crippen molar-refractivity contribution >= 4 is 17.5 Å². The molecule has 0 aliphatic carbocycles. The Kier molecular flexibility index (Phi) is 6.25. The number of likely N-dealkylation sites (N-methyl/N-ethyl adjacent to an activating group) is 1. The second kappa shape index (κ2) is 8.70. The van der Waals surface area contributed by atoms with Crippen molar-refractivity contribution in [2.24, 2.45) is 0 Å². The van der Waals surface area contributed by atoms with Gasteiger partial charge in [0.1, 0.15) is 18.2 Å². The molecule has 1 aromatic heterocycles. The molecule has 0 saturated carbocycles. The van der Waals surface area contributed by atoms with Crippen molar-refractivity contribution in [3.05, 3.63) is 70.8 Å². The van der Waals surface area contributed by atoms with E-state index in [0.717, 1.165) is 17.0 Å². The molecule has 0 N–H and O–H groups in total. The maximum Gasteiger partial charge on any atom is 0.435 e. The molecule has 0 atom stereocenters. The summed E-state index contributed by atoms with van der Waals surface area (Å²) in [6, 6.07) is 10.9. The zero-order chi connectivity index (χ0) is 21.9. The summed E-state index contributed by atoms with van der Waals surface area (Å²) in [7, 11) is 1.31. The molecule has 0 spiro atoms. The van der Waals surface area contributed by atoms with Gasteiger partial charge in [-0.05, 0) is 36.4 Å². The molecule has 0 unspecified atom stereocenters. The number of aromatic nitrogens is 3. The van der Waals surface area contributed by atoms with E-state index < -0.39 is 29.3 Å². The highest BCUT2D eigenvalue weighted by atomic mass is 35.5. The molecule has 2 aromatic carbocycles. The maximum absolute atomic E-state index is 13.7. The number of hydrogen-bond donors (Lipinski definition) is 0. The Hall–Kier alpha value is -3.14. The van der Waals surface area contributed by atoms with Crippen LogP contribution in [-0.4, -0.2) is 46.0 Å². The minimum atomic E-state index is -4.95. The number of carbonyl (C=O) groups excluding carboxylic acids is 1. The molecule has 3 aromatic rings. The van der Waals surface area contributed by atoms with Gasteiger partial charge in [0.05, 0.1) is 12.2 Å². The largest absolute Gasteiger partial charge is 0.492 e. The first-order chi connectivity index (χ1) is 14.2. The van der Waals surface area contributed by atoms with E-state index >= 15 is 0 Å². The number of halogens is 5. The number of benzene rings is 2. The third-order valence-electron chi connectivity index (χ3n) is 4.03. The highest BCUT2D eigenvalue weighted by molar-refractivity contribution is 6.30. The van der Waals surface area contributed by atoms with Gasteiger partial charge in [0.25, 0.3) is 5.91 Å². The first-order valence-corrected chi connectivity index (χ1v) is 8.97. The molecule has 0 fully saturated rings.